The van der Waals surface area contributed by atoms with Gasteiger partial charge in [0.1, 0.15) is 0 Å². The molecule has 0 saturated carbocycles. The highest BCUT2D eigenvalue weighted by Gasteiger charge is 2.00. The van der Waals surface area contributed by atoms with Crippen molar-refractivity contribution in [1.29, 1.82) is 0 Å². The van der Waals surface area contributed by atoms with Gasteiger partial charge in [0.25, 0.3) is 0 Å². The SMILES string of the molecule is CC.CC.c1ccc(Cc2cccc3ccccc23)cc1. The van der Waals surface area contributed by atoms with Crippen molar-refractivity contribution in [3.05, 3.63) is 83.9 Å². The van der Waals surface area contributed by atoms with Gasteiger partial charge in [-0.05, 0) is 28.3 Å². The fraction of sp³-hybridized carbons (Fsp3) is 0.238. The van der Waals surface area contributed by atoms with Gasteiger partial charge < -0.3 is 0 Å². The maximum atomic E-state index is 2.22. The van der Waals surface area contributed by atoms with Gasteiger partial charge in [-0.1, -0.05) is 100 Å². The molecular formula is C21H26. The van der Waals surface area contributed by atoms with Crippen LogP contribution < -0.4 is 0 Å². The third kappa shape index (κ3) is 4.75. The van der Waals surface area contributed by atoms with Crippen molar-refractivity contribution in [1.82, 2.24) is 0 Å². The summed E-state index contributed by atoms with van der Waals surface area (Å²) in [7, 11) is 0. The lowest BCUT2D eigenvalue weighted by atomic mass is 9.99. The Morgan fingerprint density at radius 1 is 0.571 bits per heavy atom. The molecule has 110 valence electrons. The largest absolute Gasteiger partial charge is 0.0683 e. The predicted octanol–water partition coefficient (Wildman–Crippen LogP) is 6.48. The summed E-state index contributed by atoms with van der Waals surface area (Å²) in [5, 5.41) is 2.68. The molecule has 0 fully saturated rings. The maximum absolute atomic E-state index is 2.22. The first-order valence-corrected chi connectivity index (χ1v) is 7.94. The van der Waals surface area contributed by atoms with Crippen molar-refractivity contribution in [3.63, 3.8) is 0 Å². The summed E-state index contributed by atoms with van der Waals surface area (Å²) < 4.78 is 0. The monoisotopic (exact) mass is 278 g/mol. The van der Waals surface area contributed by atoms with Crippen LogP contribution in [-0.2, 0) is 6.42 Å². The molecule has 3 rings (SSSR count). The molecule has 0 heteroatoms. The molecule has 0 aliphatic rings. The van der Waals surface area contributed by atoms with Gasteiger partial charge in [-0.2, -0.15) is 0 Å². The van der Waals surface area contributed by atoms with E-state index in [1.165, 1.54) is 21.9 Å². The number of rotatable bonds is 2. The molecule has 0 aliphatic heterocycles. The van der Waals surface area contributed by atoms with Gasteiger partial charge >= 0.3 is 0 Å². The summed E-state index contributed by atoms with van der Waals surface area (Å²) >= 11 is 0. The van der Waals surface area contributed by atoms with Crippen molar-refractivity contribution in [2.24, 2.45) is 0 Å². The fourth-order valence-electron chi connectivity index (χ4n) is 2.26. The Kier molecular flexibility index (Phi) is 7.89. The first-order chi connectivity index (χ1) is 10.4. The normalized spacial score (nSPS) is 9.14. The standard InChI is InChI=1S/C17H14.2C2H6/c1-2-7-14(8-3-1)13-16-11-6-10-15-9-4-5-12-17(15)16;2*1-2/h1-12H,13H2;2*1-2H3. The maximum Gasteiger partial charge on any atom is -0.00196 e. The molecule has 21 heavy (non-hydrogen) atoms. The average molecular weight is 278 g/mol. The van der Waals surface area contributed by atoms with Crippen LogP contribution in [-0.4, -0.2) is 0 Å². The predicted molar refractivity (Wildman–Crippen MR) is 95.9 cm³/mol. The Hall–Kier alpha value is -2.08. The van der Waals surface area contributed by atoms with E-state index in [1.54, 1.807) is 0 Å². The van der Waals surface area contributed by atoms with Crippen molar-refractivity contribution in [3.8, 4) is 0 Å². The first kappa shape index (κ1) is 17.0. The zero-order valence-electron chi connectivity index (χ0n) is 13.6. The third-order valence-corrected chi connectivity index (χ3v) is 3.12. The van der Waals surface area contributed by atoms with E-state index in [4.69, 9.17) is 0 Å². The summed E-state index contributed by atoms with van der Waals surface area (Å²) in [6.07, 6.45) is 1.00. The van der Waals surface area contributed by atoms with Crippen LogP contribution in [0.1, 0.15) is 38.8 Å². The molecule has 0 atom stereocenters. The topological polar surface area (TPSA) is 0 Å². The minimum absolute atomic E-state index is 1.00. The molecule has 0 aliphatic carbocycles. The van der Waals surface area contributed by atoms with E-state index >= 15 is 0 Å². The van der Waals surface area contributed by atoms with E-state index in [0.29, 0.717) is 0 Å². The second-order valence-corrected chi connectivity index (χ2v) is 4.30. The van der Waals surface area contributed by atoms with E-state index < -0.39 is 0 Å². The molecule has 0 N–H and O–H groups in total. The first-order valence-electron chi connectivity index (χ1n) is 7.94. The Bertz CT molecular complexity index is 618. The molecule has 0 bridgehead atoms. The highest BCUT2D eigenvalue weighted by Crippen LogP contribution is 2.21. The number of benzene rings is 3. The average Bonchev–Trinajstić information content (AvgIpc) is 2.60. The quantitative estimate of drug-likeness (QED) is 0.503. The molecule has 3 aromatic rings. The van der Waals surface area contributed by atoms with Gasteiger partial charge in [-0.3, -0.25) is 0 Å². The molecule has 0 amide bonds. The van der Waals surface area contributed by atoms with Crippen LogP contribution >= 0.6 is 0 Å². The zero-order valence-corrected chi connectivity index (χ0v) is 13.6. The summed E-state index contributed by atoms with van der Waals surface area (Å²) in [5.74, 6) is 0. The Balaban J connectivity index is 0.000000510. The number of hydrogen-bond donors (Lipinski definition) is 0. The lowest BCUT2D eigenvalue weighted by molar-refractivity contribution is 1.21. The van der Waals surface area contributed by atoms with Crippen LogP contribution in [0.25, 0.3) is 10.8 Å². The van der Waals surface area contributed by atoms with Crippen molar-refractivity contribution in [2.75, 3.05) is 0 Å². The van der Waals surface area contributed by atoms with Crippen molar-refractivity contribution < 1.29 is 0 Å². The van der Waals surface area contributed by atoms with Gasteiger partial charge in [-0.25, -0.2) is 0 Å². The van der Waals surface area contributed by atoms with E-state index in [9.17, 15) is 0 Å². The highest BCUT2D eigenvalue weighted by atomic mass is 14.0. The third-order valence-electron chi connectivity index (χ3n) is 3.12. The molecule has 3 aromatic carbocycles. The van der Waals surface area contributed by atoms with Gasteiger partial charge in [0, 0.05) is 0 Å². The fourth-order valence-corrected chi connectivity index (χ4v) is 2.26. The Morgan fingerprint density at radius 2 is 1.14 bits per heavy atom. The minimum atomic E-state index is 1.00. The summed E-state index contributed by atoms with van der Waals surface area (Å²) in [5.41, 5.74) is 2.76. The molecular weight excluding hydrogens is 252 g/mol. The van der Waals surface area contributed by atoms with E-state index in [0.717, 1.165) is 6.42 Å². The summed E-state index contributed by atoms with van der Waals surface area (Å²) in [6.45, 7) is 8.00. The van der Waals surface area contributed by atoms with Gasteiger partial charge in [0.2, 0.25) is 0 Å². The number of hydrogen-bond acceptors (Lipinski definition) is 0. The number of fused-ring (bicyclic) bond motifs is 1. The van der Waals surface area contributed by atoms with E-state index in [2.05, 4.69) is 72.8 Å². The molecule has 0 saturated heterocycles. The van der Waals surface area contributed by atoms with Crippen molar-refractivity contribution >= 4 is 10.8 Å². The van der Waals surface area contributed by atoms with Crippen LogP contribution in [0.4, 0.5) is 0 Å². The van der Waals surface area contributed by atoms with Crippen LogP contribution in [0, 0.1) is 0 Å². The summed E-state index contributed by atoms with van der Waals surface area (Å²) in [6, 6.07) is 25.7. The molecule has 0 spiro atoms. The van der Waals surface area contributed by atoms with Crippen LogP contribution in [0.2, 0.25) is 0 Å². The lowest BCUT2D eigenvalue weighted by Gasteiger charge is -2.06. The van der Waals surface area contributed by atoms with Crippen LogP contribution in [0.5, 0.6) is 0 Å². The molecule has 0 unspecified atom stereocenters. The van der Waals surface area contributed by atoms with Crippen LogP contribution in [0.15, 0.2) is 72.8 Å². The zero-order chi connectivity index (χ0) is 15.5. The molecule has 0 heterocycles. The summed E-state index contributed by atoms with van der Waals surface area (Å²) in [4.78, 5) is 0. The highest BCUT2D eigenvalue weighted by molar-refractivity contribution is 5.85. The van der Waals surface area contributed by atoms with Gasteiger partial charge in [0.15, 0.2) is 0 Å². The van der Waals surface area contributed by atoms with E-state index in [-0.39, 0.29) is 0 Å². The lowest BCUT2D eigenvalue weighted by Crippen LogP contribution is -1.89. The second kappa shape index (κ2) is 9.77. The van der Waals surface area contributed by atoms with Crippen LogP contribution in [0.3, 0.4) is 0 Å². The second-order valence-electron chi connectivity index (χ2n) is 4.30. The molecule has 0 nitrogen and oxygen atoms in total. The minimum Gasteiger partial charge on any atom is -0.0683 e. The van der Waals surface area contributed by atoms with Crippen molar-refractivity contribution in [2.45, 2.75) is 34.1 Å². The Labute approximate surface area is 129 Å². The van der Waals surface area contributed by atoms with Gasteiger partial charge in [-0.15, -0.1) is 0 Å². The smallest absolute Gasteiger partial charge is 0.00196 e. The molecule has 0 aromatic heterocycles. The van der Waals surface area contributed by atoms with E-state index in [1.807, 2.05) is 27.7 Å². The Morgan fingerprint density at radius 3 is 1.86 bits per heavy atom. The van der Waals surface area contributed by atoms with Gasteiger partial charge in [0.05, 0.1) is 0 Å². The molecule has 0 radical (unpaired) electrons.